The largest absolute Gasteiger partial charge is 0.377 e. The smallest absolute Gasteiger partial charge is 0.0716 e. The summed E-state index contributed by atoms with van der Waals surface area (Å²) in [5.41, 5.74) is 5.61. The highest BCUT2D eigenvalue weighted by atomic mass is 16.5. The highest BCUT2D eigenvalue weighted by molar-refractivity contribution is 5.49. The van der Waals surface area contributed by atoms with E-state index in [9.17, 15) is 0 Å². The minimum absolute atomic E-state index is 0.747. The molecule has 0 bridgehead atoms. The molecule has 3 rings (SSSR count). The molecule has 0 radical (unpaired) electrons. The molecular formula is C27H36O. The number of rotatable bonds is 9. The minimum Gasteiger partial charge on any atom is -0.377 e. The molecule has 0 N–H and O–H groups in total. The minimum atomic E-state index is 0.747. The van der Waals surface area contributed by atoms with Crippen LogP contribution in [-0.4, -0.2) is 6.61 Å². The monoisotopic (exact) mass is 376 g/mol. The Kier molecular flexibility index (Phi) is 8.36. The van der Waals surface area contributed by atoms with Crippen molar-refractivity contribution in [3.05, 3.63) is 76.9 Å². The Hall–Kier alpha value is -1.86. The van der Waals surface area contributed by atoms with Crippen LogP contribution in [0.5, 0.6) is 0 Å². The molecule has 1 aliphatic rings. The van der Waals surface area contributed by atoms with Gasteiger partial charge in [-0.25, -0.2) is 0 Å². The zero-order valence-electron chi connectivity index (χ0n) is 17.7. The van der Waals surface area contributed by atoms with Crippen LogP contribution in [0.15, 0.2) is 54.6 Å². The van der Waals surface area contributed by atoms with Gasteiger partial charge in [0.1, 0.15) is 0 Å². The number of allylic oxidation sites excluding steroid dienone is 1. The molecule has 0 spiro atoms. The van der Waals surface area contributed by atoms with Crippen molar-refractivity contribution in [3.8, 4) is 0 Å². The predicted octanol–water partition coefficient (Wildman–Crippen LogP) is 7.55. The van der Waals surface area contributed by atoms with Gasteiger partial charge < -0.3 is 4.74 Å². The Labute approximate surface area is 171 Å². The first kappa shape index (κ1) is 20.9. The maximum absolute atomic E-state index is 5.65. The molecule has 150 valence electrons. The first-order chi connectivity index (χ1) is 13.8. The molecule has 0 aromatic heterocycles. The summed E-state index contributed by atoms with van der Waals surface area (Å²) in [4.78, 5) is 0. The van der Waals surface area contributed by atoms with Gasteiger partial charge in [-0.1, -0.05) is 67.6 Å². The van der Waals surface area contributed by atoms with Gasteiger partial charge >= 0.3 is 0 Å². The Morgan fingerprint density at radius 2 is 1.57 bits per heavy atom. The van der Waals surface area contributed by atoms with Gasteiger partial charge in [0.05, 0.1) is 6.61 Å². The summed E-state index contributed by atoms with van der Waals surface area (Å²) in [6, 6.07) is 18.3. The first-order valence-electron chi connectivity index (χ1n) is 11.2. The van der Waals surface area contributed by atoms with E-state index in [0.717, 1.165) is 31.5 Å². The van der Waals surface area contributed by atoms with Crippen molar-refractivity contribution in [2.24, 2.45) is 5.92 Å². The molecule has 1 nitrogen and oxygen atoms in total. The van der Waals surface area contributed by atoms with Crippen LogP contribution in [0.4, 0.5) is 0 Å². The van der Waals surface area contributed by atoms with Crippen LogP contribution in [0.25, 0.3) is 6.08 Å². The van der Waals surface area contributed by atoms with E-state index < -0.39 is 0 Å². The van der Waals surface area contributed by atoms with Gasteiger partial charge in [0.25, 0.3) is 0 Å². The molecule has 1 saturated carbocycles. The second kappa shape index (κ2) is 11.2. The van der Waals surface area contributed by atoms with Gasteiger partial charge in [-0.3, -0.25) is 0 Å². The molecule has 1 aliphatic carbocycles. The van der Waals surface area contributed by atoms with Crippen LogP contribution in [-0.2, 0) is 17.8 Å². The maximum Gasteiger partial charge on any atom is 0.0716 e. The number of aryl methyl sites for hydroxylation is 1. The molecular weight excluding hydrogens is 340 g/mol. The Balaban J connectivity index is 1.41. The first-order valence-corrected chi connectivity index (χ1v) is 11.2. The van der Waals surface area contributed by atoms with Crippen molar-refractivity contribution in [3.63, 3.8) is 0 Å². The lowest BCUT2D eigenvalue weighted by atomic mass is 9.77. The summed E-state index contributed by atoms with van der Waals surface area (Å²) < 4.78 is 5.65. The van der Waals surface area contributed by atoms with Gasteiger partial charge in [0.15, 0.2) is 0 Å². The van der Waals surface area contributed by atoms with Crippen LogP contribution < -0.4 is 0 Å². The summed E-state index contributed by atoms with van der Waals surface area (Å²) >= 11 is 0. The van der Waals surface area contributed by atoms with E-state index in [1.54, 1.807) is 0 Å². The molecule has 1 fully saturated rings. The number of hydrogen-bond donors (Lipinski definition) is 0. The van der Waals surface area contributed by atoms with Gasteiger partial charge in [0, 0.05) is 6.61 Å². The van der Waals surface area contributed by atoms with Crippen LogP contribution in [0, 0.1) is 5.92 Å². The van der Waals surface area contributed by atoms with E-state index in [0.29, 0.717) is 0 Å². The Morgan fingerprint density at radius 1 is 0.893 bits per heavy atom. The highest BCUT2D eigenvalue weighted by Crippen LogP contribution is 2.37. The highest BCUT2D eigenvalue weighted by Gasteiger charge is 2.22. The lowest BCUT2D eigenvalue weighted by Gasteiger charge is -2.29. The van der Waals surface area contributed by atoms with Gasteiger partial charge in [-0.15, -0.1) is 0 Å². The van der Waals surface area contributed by atoms with E-state index in [1.807, 2.05) is 0 Å². The van der Waals surface area contributed by atoms with Gasteiger partial charge in [0.2, 0.25) is 0 Å². The van der Waals surface area contributed by atoms with Gasteiger partial charge in [-0.05, 0) is 86.0 Å². The normalized spacial score (nSPS) is 19.9. The quantitative estimate of drug-likeness (QED) is 0.410. The van der Waals surface area contributed by atoms with E-state index >= 15 is 0 Å². The van der Waals surface area contributed by atoms with E-state index in [-0.39, 0.29) is 0 Å². The third-order valence-electron chi connectivity index (χ3n) is 6.10. The molecule has 0 heterocycles. The third-order valence-corrected chi connectivity index (χ3v) is 6.10. The van der Waals surface area contributed by atoms with Crippen LogP contribution >= 0.6 is 0 Å². The zero-order valence-corrected chi connectivity index (χ0v) is 17.7. The van der Waals surface area contributed by atoms with E-state index in [2.05, 4.69) is 74.5 Å². The summed E-state index contributed by atoms with van der Waals surface area (Å²) in [6.07, 6.45) is 13.3. The van der Waals surface area contributed by atoms with E-state index in [4.69, 9.17) is 4.74 Å². The lowest BCUT2D eigenvalue weighted by molar-refractivity contribution is 0.121. The fraction of sp³-hybridized carbons (Fsp3) is 0.481. The van der Waals surface area contributed by atoms with Crippen molar-refractivity contribution < 1.29 is 4.74 Å². The van der Waals surface area contributed by atoms with E-state index in [1.165, 1.54) is 60.8 Å². The molecule has 0 unspecified atom stereocenters. The zero-order chi connectivity index (χ0) is 19.6. The van der Waals surface area contributed by atoms with Crippen LogP contribution in [0.3, 0.4) is 0 Å². The standard InChI is InChI=1S/C27H36O/c1-3-5-22-6-8-23(9-7-22)10-11-24-12-16-26(17-13-24)27-18-14-25(15-19-27)21-28-20-4-2/h3,5-9,14-15,18-19,24,26H,4,10-13,16-17,20-21H2,1-2H3/b5-3-/t24-,26-. The van der Waals surface area contributed by atoms with Crippen molar-refractivity contribution >= 4 is 6.08 Å². The second-order valence-electron chi connectivity index (χ2n) is 8.29. The topological polar surface area (TPSA) is 9.23 Å². The molecule has 2 aromatic rings. The molecule has 28 heavy (non-hydrogen) atoms. The third kappa shape index (κ3) is 6.34. The number of hydrogen-bond acceptors (Lipinski definition) is 1. The average Bonchev–Trinajstić information content (AvgIpc) is 2.75. The Morgan fingerprint density at radius 3 is 2.21 bits per heavy atom. The molecule has 0 saturated heterocycles. The summed E-state index contributed by atoms with van der Waals surface area (Å²) in [5.74, 6) is 1.65. The maximum atomic E-state index is 5.65. The molecule has 0 aliphatic heterocycles. The van der Waals surface area contributed by atoms with Crippen LogP contribution in [0.1, 0.15) is 80.5 Å². The number of benzene rings is 2. The summed E-state index contributed by atoms with van der Waals surface area (Å²) in [7, 11) is 0. The summed E-state index contributed by atoms with van der Waals surface area (Å²) in [5, 5.41) is 0. The van der Waals surface area contributed by atoms with Crippen molar-refractivity contribution in [1.29, 1.82) is 0 Å². The SMILES string of the molecule is C/C=C\c1ccc(CC[C@H]2CC[C@H](c3ccc(COCCC)cc3)CC2)cc1. The molecule has 0 amide bonds. The summed E-state index contributed by atoms with van der Waals surface area (Å²) in [6.45, 7) is 5.82. The second-order valence-corrected chi connectivity index (χ2v) is 8.29. The van der Waals surface area contributed by atoms with Crippen molar-refractivity contribution in [2.75, 3.05) is 6.61 Å². The molecule has 2 aromatic carbocycles. The fourth-order valence-electron chi connectivity index (χ4n) is 4.36. The lowest BCUT2D eigenvalue weighted by Crippen LogP contribution is -2.14. The Bertz CT molecular complexity index is 703. The molecule has 0 atom stereocenters. The fourth-order valence-corrected chi connectivity index (χ4v) is 4.36. The predicted molar refractivity (Wildman–Crippen MR) is 121 cm³/mol. The van der Waals surface area contributed by atoms with Gasteiger partial charge in [-0.2, -0.15) is 0 Å². The van der Waals surface area contributed by atoms with Crippen molar-refractivity contribution in [2.45, 2.75) is 71.3 Å². The van der Waals surface area contributed by atoms with Crippen molar-refractivity contribution in [1.82, 2.24) is 0 Å². The number of ether oxygens (including phenoxy) is 1. The van der Waals surface area contributed by atoms with Crippen LogP contribution in [0.2, 0.25) is 0 Å². The molecule has 1 heteroatoms. The average molecular weight is 377 g/mol.